The lowest BCUT2D eigenvalue weighted by Crippen LogP contribution is -2.23. The summed E-state index contributed by atoms with van der Waals surface area (Å²) in [5.74, 6) is 0. The van der Waals surface area contributed by atoms with E-state index in [1.54, 1.807) is 0 Å². The molecule has 0 aliphatic carbocycles. The molecule has 11 heteroatoms. The number of hydrogen-bond donors (Lipinski definition) is 0. The average molecular weight is 319 g/mol. The van der Waals surface area contributed by atoms with E-state index in [-0.39, 0.29) is 0 Å². The number of nitrogens with zero attached hydrogens (tertiary/aromatic N) is 3. The highest BCUT2D eigenvalue weighted by Gasteiger charge is 2.06. The summed E-state index contributed by atoms with van der Waals surface area (Å²) < 4.78 is 69.2. The number of alkyl halides is 2. The summed E-state index contributed by atoms with van der Waals surface area (Å²) in [5.41, 5.74) is 0. The minimum absolute atomic E-state index is 1.06. The Bertz CT molecular complexity index is 551. The summed E-state index contributed by atoms with van der Waals surface area (Å²) in [6, 6.07) is -3.90. The topological polar surface area (TPSA) is 91.2 Å². The van der Waals surface area contributed by atoms with Gasteiger partial charge in [-0.1, -0.05) is 0 Å². The van der Waals surface area contributed by atoms with E-state index in [1.807, 2.05) is 21.9 Å². The Morgan fingerprint density at radius 1 is 1.16 bits per heavy atom. The first-order chi connectivity index (χ1) is 8.65. The Morgan fingerprint density at radius 3 is 1.84 bits per heavy atom. The molecule has 0 N–H and O–H groups in total. The molecule has 0 fully saturated rings. The molecule has 0 aliphatic rings. The van der Waals surface area contributed by atoms with Crippen molar-refractivity contribution in [3.63, 3.8) is 0 Å². The first-order valence-electron chi connectivity index (χ1n) is 4.98. The molecular formula is C8H15F2N3O4S2. The van der Waals surface area contributed by atoms with E-state index in [9.17, 15) is 25.6 Å². The zero-order chi connectivity index (χ0) is 15.1. The van der Waals surface area contributed by atoms with Crippen LogP contribution >= 0.6 is 0 Å². The zero-order valence-electron chi connectivity index (χ0n) is 10.4. The van der Waals surface area contributed by atoms with Gasteiger partial charge in [-0.15, -0.1) is 0 Å². The predicted octanol–water partition coefficient (Wildman–Crippen LogP) is 0.206. The highest BCUT2D eigenvalue weighted by atomic mass is 32.3. The smallest absolute Gasteiger partial charge is 0.243 e. The summed E-state index contributed by atoms with van der Waals surface area (Å²) in [7, 11) is -7.30. The predicted molar refractivity (Wildman–Crippen MR) is 64.4 cm³/mol. The number of sulfonamides is 2. The van der Waals surface area contributed by atoms with Crippen LogP contribution in [0.1, 0.15) is 6.92 Å². The Balaban J connectivity index is 0.000000356. The summed E-state index contributed by atoms with van der Waals surface area (Å²) in [4.78, 5) is 0. The third-order valence-electron chi connectivity index (χ3n) is 1.69. The van der Waals surface area contributed by atoms with Crippen molar-refractivity contribution in [1.29, 1.82) is 0 Å². The minimum atomic E-state index is -4.66. The van der Waals surface area contributed by atoms with Crippen LogP contribution in [0.3, 0.4) is 0 Å². The lowest BCUT2D eigenvalue weighted by molar-refractivity contribution is -0.671. The maximum absolute atomic E-state index is 11.4. The molecule has 0 bridgehead atoms. The molecule has 1 aromatic rings. The van der Waals surface area contributed by atoms with Crippen molar-refractivity contribution in [2.75, 3.05) is 12.0 Å². The van der Waals surface area contributed by atoms with Crippen molar-refractivity contribution in [3.05, 3.63) is 22.8 Å². The molecule has 1 heterocycles. The van der Waals surface area contributed by atoms with Gasteiger partial charge in [-0.05, 0) is 6.92 Å². The third kappa shape index (κ3) is 7.85. The average Bonchev–Trinajstić information content (AvgIpc) is 2.75. The van der Waals surface area contributed by atoms with E-state index in [0.717, 1.165) is 6.54 Å². The molecule has 0 atom stereocenters. The SMILES string of the molecule is CCn1cc[n+](C)c1.O=S(=O)(CF)[N-]S(=O)(=O)CF. The third-order valence-corrected chi connectivity index (χ3v) is 4.06. The van der Waals surface area contributed by atoms with E-state index < -0.39 is 32.1 Å². The lowest BCUT2D eigenvalue weighted by atomic mass is 10.7. The lowest BCUT2D eigenvalue weighted by Gasteiger charge is -2.14. The van der Waals surface area contributed by atoms with Gasteiger partial charge in [-0.2, -0.15) is 0 Å². The monoisotopic (exact) mass is 319 g/mol. The normalized spacial score (nSPS) is 11.8. The second-order valence-corrected chi connectivity index (χ2v) is 6.73. The highest BCUT2D eigenvalue weighted by molar-refractivity contribution is 8.12. The number of aromatic nitrogens is 2. The van der Waals surface area contributed by atoms with E-state index in [1.165, 1.54) is 0 Å². The number of aryl methyl sites for hydroxylation is 2. The molecule has 112 valence electrons. The molecule has 0 saturated heterocycles. The molecule has 0 radical (unpaired) electrons. The van der Waals surface area contributed by atoms with Crippen molar-refractivity contribution >= 4 is 20.0 Å². The van der Waals surface area contributed by atoms with Crippen LogP contribution in [0.15, 0.2) is 18.7 Å². The summed E-state index contributed by atoms with van der Waals surface area (Å²) in [6.45, 7) is 3.18. The van der Waals surface area contributed by atoms with E-state index in [4.69, 9.17) is 0 Å². The van der Waals surface area contributed by atoms with Crippen molar-refractivity contribution in [2.24, 2.45) is 7.05 Å². The zero-order valence-corrected chi connectivity index (χ0v) is 12.0. The number of rotatable bonds is 5. The summed E-state index contributed by atoms with van der Waals surface area (Å²) >= 11 is 0. The van der Waals surface area contributed by atoms with Gasteiger partial charge in [-0.25, -0.2) is 34.8 Å². The Hall–Kier alpha value is -1.07. The van der Waals surface area contributed by atoms with Crippen LogP contribution in [0.5, 0.6) is 0 Å². The van der Waals surface area contributed by atoms with Crippen LogP contribution in [0.2, 0.25) is 0 Å². The van der Waals surface area contributed by atoms with E-state index in [0.29, 0.717) is 0 Å². The maximum atomic E-state index is 11.4. The molecule has 0 saturated carbocycles. The van der Waals surface area contributed by atoms with Crippen LogP contribution in [-0.4, -0.2) is 33.4 Å². The Kier molecular flexibility index (Phi) is 7.08. The molecule has 1 aromatic heterocycles. The number of imidazole rings is 1. The first-order valence-corrected chi connectivity index (χ1v) is 8.20. The highest BCUT2D eigenvalue weighted by Crippen LogP contribution is 2.10. The number of halogens is 2. The van der Waals surface area contributed by atoms with Crippen molar-refractivity contribution < 1.29 is 30.2 Å². The number of hydrogen-bond acceptors (Lipinski definition) is 4. The van der Waals surface area contributed by atoms with Crippen LogP contribution < -0.4 is 4.57 Å². The molecule has 0 aromatic carbocycles. The van der Waals surface area contributed by atoms with Crippen LogP contribution in [0.25, 0.3) is 4.13 Å². The fourth-order valence-corrected chi connectivity index (χ4v) is 2.60. The van der Waals surface area contributed by atoms with Gasteiger partial charge in [0, 0.05) is 0 Å². The van der Waals surface area contributed by atoms with Gasteiger partial charge in [0.15, 0.2) is 12.0 Å². The van der Waals surface area contributed by atoms with Gasteiger partial charge in [0.25, 0.3) is 0 Å². The van der Waals surface area contributed by atoms with Gasteiger partial charge >= 0.3 is 0 Å². The first kappa shape index (κ1) is 17.9. The van der Waals surface area contributed by atoms with Gasteiger partial charge in [0.1, 0.15) is 32.4 Å². The van der Waals surface area contributed by atoms with Crippen LogP contribution in [0.4, 0.5) is 8.78 Å². The van der Waals surface area contributed by atoms with Gasteiger partial charge in [0.05, 0.1) is 13.6 Å². The standard InChI is InChI=1S/C6H11N2.C2H4F2NO4S2/c1-3-8-5-4-7(2)6-8;3-1-10(6,7)5-11(8,9)2-4/h4-6H,3H2,1-2H3;1-2H2/q+1;-1. The van der Waals surface area contributed by atoms with E-state index >= 15 is 0 Å². The minimum Gasteiger partial charge on any atom is -0.432 e. The van der Waals surface area contributed by atoms with Gasteiger partial charge in [0.2, 0.25) is 6.33 Å². The molecule has 0 unspecified atom stereocenters. The fourth-order valence-electron chi connectivity index (χ4n) is 0.902. The molecule has 7 nitrogen and oxygen atoms in total. The second kappa shape index (κ2) is 7.50. The molecule has 1 rings (SSSR count). The summed E-state index contributed by atoms with van der Waals surface area (Å²) in [5, 5.41) is 0. The van der Waals surface area contributed by atoms with Crippen LogP contribution in [-0.2, 0) is 33.6 Å². The quantitative estimate of drug-likeness (QED) is 0.725. The maximum Gasteiger partial charge on any atom is 0.243 e. The molecule has 19 heavy (non-hydrogen) atoms. The summed E-state index contributed by atoms with van der Waals surface area (Å²) in [6.07, 6.45) is 6.14. The Morgan fingerprint density at radius 2 is 1.63 bits per heavy atom. The molecule has 0 spiro atoms. The van der Waals surface area contributed by atoms with Gasteiger partial charge < -0.3 is 4.13 Å². The van der Waals surface area contributed by atoms with Crippen LogP contribution in [0, 0.1) is 0 Å². The van der Waals surface area contributed by atoms with E-state index in [2.05, 4.69) is 24.0 Å². The molecular weight excluding hydrogens is 304 g/mol. The molecule has 0 amide bonds. The van der Waals surface area contributed by atoms with Crippen molar-refractivity contribution in [2.45, 2.75) is 13.5 Å². The Labute approximate surface area is 111 Å². The second-order valence-electron chi connectivity index (χ2n) is 3.37. The van der Waals surface area contributed by atoms with Gasteiger partial charge in [-0.3, -0.25) is 0 Å². The fraction of sp³-hybridized carbons (Fsp3) is 0.625. The van der Waals surface area contributed by atoms with Crippen molar-refractivity contribution in [1.82, 2.24) is 4.57 Å². The largest absolute Gasteiger partial charge is 0.432 e. The molecule has 0 aliphatic heterocycles. The van der Waals surface area contributed by atoms with Crippen molar-refractivity contribution in [3.8, 4) is 0 Å².